The second-order valence-electron chi connectivity index (χ2n) is 9.84. The summed E-state index contributed by atoms with van der Waals surface area (Å²) < 4.78 is 0. The summed E-state index contributed by atoms with van der Waals surface area (Å²) in [5, 5.41) is 13.1. The van der Waals surface area contributed by atoms with Gasteiger partial charge in [-0.1, -0.05) is 43.0 Å². The fraction of sp³-hybridized carbons (Fsp3) is 0.760. The molecule has 1 saturated carbocycles. The number of likely N-dealkylation sites (tertiary alicyclic amines) is 2. The molecule has 29 heavy (non-hydrogen) atoms. The summed E-state index contributed by atoms with van der Waals surface area (Å²) in [5.41, 5.74) is 0.618. The van der Waals surface area contributed by atoms with Gasteiger partial charge in [-0.15, -0.1) is 0 Å². The van der Waals surface area contributed by atoms with E-state index in [1.54, 1.807) is 0 Å². The number of hydrogen-bond acceptors (Lipinski definition) is 3. The molecule has 0 amide bonds. The molecule has 2 aliphatic heterocycles. The van der Waals surface area contributed by atoms with Crippen molar-refractivity contribution >= 4 is 11.6 Å². The number of nitrogens with zero attached hydrogens (tertiary/aromatic N) is 2. The largest absolute Gasteiger partial charge is 0.389 e. The van der Waals surface area contributed by atoms with Crippen LogP contribution in [0.25, 0.3) is 0 Å². The average molecular weight is 419 g/mol. The van der Waals surface area contributed by atoms with Crippen molar-refractivity contribution in [2.75, 3.05) is 39.3 Å². The van der Waals surface area contributed by atoms with Crippen LogP contribution in [0.4, 0.5) is 0 Å². The molecule has 162 valence electrons. The standard InChI is InChI=1S/C25H39ClN2O/c26-24-12-10-21(11-13-24)18-25(29)22(19-27-14-3-1-4-15-27)8-7-9-23(25)20-28-16-5-2-6-17-28/h10-13,22-23,29H,1-9,14-20H2. The van der Waals surface area contributed by atoms with Gasteiger partial charge in [0.25, 0.3) is 0 Å². The van der Waals surface area contributed by atoms with Gasteiger partial charge in [-0.3, -0.25) is 0 Å². The molecular formula is C25H39ClN2O. The van der Waals surface area contributed by atoms with Crippen molar-refractivity contribution < 1.29 is 5.11 Å². The maximum absolute atomic E-state index is 12.3. The van der Waals surface area contributed by atoms with Gasteiger partial charge in [-0.2, -0.15) is 0 Å². The molecule has 3 nitrogen and oxygen atoms in total. The summed E-state index contributed by atoms with van der Waals surface area (Å²) >= 11 is 6.13. The predicted molar refractivity (Wildman–Crippen MR) is 122 cm³/mol. The lowest BCUT2D eigenvalue weighted by Crippen LogP contribution is -2.56. The van der Waals surface area contributed by atoms with Crippen molar-refractivity contribution in [3.05, 3.63) is 34.9 Å². The monoisotopic (exact) mass is 418 g/mol. The van der Waals surface area contributed by atoms with Crippen LogP contribution in [0.5, 0.6) is 0 Å². The third-order valence-electron chi connectivity index (χ3n) is 7.77. The number of aliphatic hydroxyl groups is 1. The summed E-state index contributed by atoms with van der Waals surface area (Å²) in [6, 6.07) is 8.18. The van der Waals surface area contributed by atoms with Crippen molar-refractivity contribution in [3.8, 4) is 0 Å². The van der Waals surface area contributed by atoms with Gasteiger partial charge in [0.1, 0.15) is 0 Å². The molecule has 0 bridgehead atoms. The number of piperidine rings is 2. The Hall–Kier alpha value is -0.610. The highest BCUT2D eigenvalue weighted by molar-refractivity contribution is 6.30. The number of benzene rings is 1. The third kappa shape index (κ3) is 5.55. The molecular weight excluding hydrogens is 380 g/mol. The third-order valence-corrected chi connectivity index (χ3v) is 8.03. The predicted octanol–water partition coefficient (Wildman–Crippen LogP) is 5.00. The SMILES string of the molecule is OC1(Cc2ccc(Cl)cc2)C(CN2CCCCC2)CCCC1CN1CCCCC1. The highest BCUT2D eigenvalue weighted by atomic mass is 35.5. The van der Waals surface area contributed by atoms with Crippen LogP contribution >= 0.6 is 11.6 Å². The molecule has 1 aliphatic carbocycles. The Kier molecular flexibility index (Phi) is 7.55. The number of halogens is 1. The first kappa shape index (κ1) is 21.6. The van der Waals surface area contributed by atoms with Crippen molar-refractivity contribution in [1.82, 2.24) is 9.80 Å². The Balaban J connectivity index is 1.53. The van der Waals surface area contributed by atoms with Gasteiger partial charge in [0.2, 0.25) is 0 Å². The molecule has 4 heteroatoms. The van der Waals surface area contributed by atoms with E-state index < -0.39 is 5.60 Å². The highest BCUT2D eigenvalue weighted by Gasteiger charge is 2.47. The minimum Gasteiger partial charge on any atom is -0.389 e. The number of rotatable bonds is 6. The first-order valence-electron chi connectivity index (χ1n) is 12.0. The smallest absolute Gasteiger partial charge is 0.0768 e. The molecule has 0 radical (unpaired) electrons. The Labute approximate surface area is 182 Å². The first-order chi connectivity index (χ1) is 14.1. The molecule has 2 unspecified atom stereocenters. The van der Waals surface area contributed by atoms with Crippen LogP contribution in [-0.4, -0.2) is 59.8 Å². The van der Waals surface area contributed by atoms with E-state index >= 15 is 0 Å². The molecule has 4 rings (SSSR count). The highest BCUT2D eigenvalue weighted by Crippen LogP contribution is 2.42. The molecule has 2 saturated heterocycles. The molecule has 2 atom stereocenters. The Morgan fingerprint density at radius 1 is 0.759 bits per heavy atom. The minimum atomic E-state index is -0.610. The van der Waals surface area contributed by atoms with E-state index in [0.717, 1.165) is 37.4 Å². The van der Waals surface area contributed by atoms with Gasteiger partial charge in [-0.25, -0.2) is 0 Å². The lowest BCUT2D eigenvalue weighted by Gasteiger charge is -2.49. The first-order valence-corrected chi connectivity index (χ1v) is 12.4. The summed E-state index contributed by atoms with van der Waals surface area (Å²) in [6.45, 7) is 6.99. The van der Waals surface area contributed by atoms with Gasteiger partial charge >= 0.3 is 0 Å². The van der Waals surface area contributed by atoms with Crippen LogP contribution in [0.3, 0.4) is 0 Å². The van der Waals surface area contributed by atoms with E-state index in [1.165, 1.54) is 76.7 Å². The average Bonchev–Trinajstić information content (AvgIpc) is 2.74. The zero-order chi connectivity index (χ0) is 20.1. The van der Waals surface area contributed by atoms with Crippen molar-refractivity contribution in [2.45, 2.75) is 69.8 Å². The molecule has 1 N–H and O–H groups in total. The van der Waals surface area contributed by atoms with Gasteiger partial charge < -0.3 is 14.9 Å². The quantitative estimate of drug-likeness (QED) is 0.703. The summed E-state index contributed by atoms with van der Waals surface area (Å²) in [4.78, 5) is 5.26. The molecule has 2 heterocycles. The van der Waals surface area contributed by atoms with Gasteiger partial charge in [0, 0.05) is 36.4 Å². The Morgan fingerprint density at radius 2 is 1.24 bits per heavy atom. The van der Waals surface area contributed by atoms with Gasteiger partial charge in [0.05, 0.1) is 5.60 Å². The fourth-order valence-electron chi connectivity index (χ4n) is 6.07. The van der Waals surface area contributed by atoms with E-state index in [-0.39, 0.29) is 0 Å². The van der Waals surface area contributed by atoms with Crippen LogP contribution in [0, 0.1) is 11.8 Å². The maximum atomic E-state index is 12.3. The molecule has 0 spiro atoms. The summed E-state index contributed by atoms with van der Waals surface area (Å²) in [7, 11) is 0. The Morgan fingerprint density at radius 3 is 1.72 bits per heavy atom. The van der Waals surface area contributed by atoms with Crippen LogP contribution in [0.15, 0.2) is 24.3 Å². The normalized spacial score (nSPS) is 32.3. The van der Waals surface area contributed by atoms with E-state index in [1.807, 2.05) is 12.1 Å². The topological polar surface area (TPSA) is 26.7 Å². The zero-order valence-electron chi connectivity index (χ0n) is 18.0. The lowest BCUT2D eigenvalue weighted by molar-refractivity contribution is -0.112. The van der Waals surface area contributed by atoms with Crippen LogP contribution in [0.1, 0.15) is 63.4 Å². The molecule has 0 aromatic heterocycles. The van der Waals surface area contributed by atoms with E-state index in [2.05, 4.69) is 21.9 Å². The maximum Gasteiger partial charge on any atom is 0.0768 e. The molecule has 1 aromatic carbocycles. The second-order valence-corrected chi connectivity index (χ2v) is 10.3. The van der Waals surface area contributed by atoms with Crippen molar-refractivity contribution in [3.63, 3.8) is 0 Å². The zero-order valence-corrected chi connectivity index (χ0v) is 18.8. The van der Waals surface area contributed by atoms with Gasteiger partial charge in [0.15, 0.2) is 0 Å². The second kappa shape index (κ2) is 10.1. The molecule has 3 aliphatic rings. The van der Waals surface area contributed by atoms with Crippen molar-refractivity contribution in [1.29, 1.82) is 0 Å². The van der Waals surface area contributed by atoms with Crippen LogP contribution < -0.4 is 0 Å². The summed E-state index contributed by atoms with van der Waals surface area (Å²) in [6.07, 6.45) is 12.4. The van der Waals surface area contributed by atoms with E-state index in [9.17, 15) is 5.11 Å². The Bertz CT molecular complexity index is 594. The van der Waals surface area contributed by atoms with Crippen LogP contribution in [0.2, 0.25) is 5.02 Å². The van der Waals surface area contributed by atoms with Gasteiger partial charge in [-0.05, 0) is 82.4 Å². The lowest BCUT2D eigenvalue weighted by atomic mass is 9.65. The van der Waals surface area contributed by atoms with E-state index in [0.29, 0.717) is 11.8 Å². The fourth-order valence-corrected chi connectivity index (χ4v) is 6.19. The number of hydrogen-bond donors (Lipinski definition) is 1. The summed E-state index contributed by atoms with van der Waals surface area (Å²) in [5.74, 6) is 0.750. The minimum absolute atomic E-state index is 0.375. The molecule has 3 fully saturated rings. The van der Waals surface area contributed by atoms with E-state index in [4.69, 9.17) is 11.6 Å². The molecule has 1 aromatic rings. The van der Waals surface area contributed by atoms with Crippen molar-refractivity contribution in [2.24, 2.45) is 11.8 Å². The van der Waals surface area contributed by atoms with Crippen LogP contribution in [-0.2, 0) is 6.42 Å².